The maximum Gasteiger partial charge on any atom is 0.151 e. The van der Waals surface area contributed by atoms with Gasteiger partial charge < -0.3 is 0 Å². The molecule has 1 unspecified atom stereocenters. The predicted molar refractivity (Wildman–Crippen MR) is 105 cm³/mol. The summed E-state index contributed by atoms with van der Waals surface area (Å²) in [5.41, 5.74) is 2.57. The normalized spacial score (nSPS) is 24.5. The second-order valence-corrected chi connectivity index (χ2v) is 8.22. The van der Waals surface area contributed by atoms with Crippen LogP contribution in [0.3, 0.4) is 0 Å². The standard InChI is InChI=1S/C22H19Cl2FO2/c1-2-11-3-4-12(15-7-8-17(23)19(24)20(15)25)10-16(11)18-21(26)13-5-6-14(9-13)22(18)27/h3-4,7-8,10,13-14,18H,2,5-6,9H2,1H3/t13-,14+,18?. The second-order valence-electron chi connectivity index (χ2n) is 7.43. The molecule has 0 radical (unpaired) electrons. The van der Waals surface area contributed by atoms with Gasteiger partial charge in [0.25, 0.3) is 0 Å². The van der Waals surface area contributed by atoms with E-state index in [9.17, 15) is 14.0 Å². The summed E-state index contributed by atoms with van der Waals surface area (Å²) in [4.78, 5) is 25.9. The van der Waals surface area contributed by atoms with Crippen molar-refractivity contribution in [3.8, 4) is 11.1 Å². The van der Waals surface area contributed by atoms with E-state index in [-0.39, 0.29) is 33.4 Å². The van der Waals surface area contributed by atoms with Crippen LogP contribution in [0, 0.1) is 17.7 Å². The van der Waals surface area contributed by atoms with E-state index in [4.69, 9.17) is 23.2 Å². The Bertz CT molecular complexity index is 932. The van der Waals surface area contributed by atoms with Gasteiger partial charge in [0.2, 0.25) is 0 Å². The van der Waals surface area contributed by atoms with Crippen molar-refractivity contribution in [2.24, 2.45) is 11.8 Å². The molecule has 2 bridgehead atoms. The highest BCUT2D eigenvalue weighted by atomic mass is 35.5. The van der Waals surface area contributed by atoms with Crippen molar-refractivity contribution in [1.82, 2.24) is 0 Å². The molecule has 2 fully saturated rings. The van der Waals surface area contributed by atoms with Crippen LogP contribution < -0.4 is 0 Å². The third-order valence-corrected chi connectivity index (χ3v) is 6.77. The van der Waals surface area contributed by atoms with Gasteiger partial charge in [-0.1, -0.05) is 42.3 Å². The maximum absolute atomic E-state index is 14.6. The number of Topliss-reactive ketones (excluding diaryl/α,β-unsaturated/α-hetero) is 2. The predicted octanol–water partition coefficient (Wildman–Crippen LogP) is 6.01. The molecule has 2 aromatic rings. The molecule has 2 aliphatic carbocycles. The van der Waals surface area contributed by atoms with E-state index in [0.29, 0.717) is 29.5 Å². The summed E-state index contributed by atoms with van der Waals surface area (Å²) in [6.07, 6.45) is 2.99. The first-order chi connectivity index (χ1) is 12.9. The van der Waals surface area contributed by atoms with Gasteiger partial charge in [-0.2, -0.15) is 0 Å². The van der Waals surface area contributed by atoms with Crippen molar-refractivity contribution in [2.45, 2.75) is 38.5 Å². The molecule has 27 heavy (non-hydrogen) atoms. The van der Waals surface area contributed by atoms with Crippen molar-refractivity contribution in [1.29, 1.82) is 0 Å². The zero-order valence-electron chi connectivity index (χ0n) is 14.9. The largest absolute Gasteiger partial charge is 0.298 e. The van der Waals surface area contributed by atoms with Crippen molar-refractivity contribution in [3.05, 3.63) is 57.3 Å². The summed E-state index contributed by atoms with van der Waals surface area (Å²) in [6.45, 7) is 1.99. The third kappa shape index (κ3) is 3.01. The first-order valence-corrected chi connectivity index (χ1v) is 10.0. The number of carbonyl (C=O) groups is 2. The number of benzene rings is 2. The number of halogens is 3. The van der Waals surface area contributed by atoms with Crippen LogP contribution in [0.4, 0.5) is 4.39 Å². The lowest BCUT2D eigenvalue weighted by atomic mass is 9.73. The van der Waals surface area contributed by atoms with Gasteiger partial charge in [-0.15, -0.1) is 0 Å². The van der Waals surface area contributed by atoms with Crippen molar-refractivity contribution >= 4 is 34.8 Å². The average Bonchev–Trinajstić information content (AvgIpc) is 3.12. The van der Waals surface area contributed by atoms with E-state index in [1.807, 2.05) is 13.0 Å². The number of carbonyl (C=O) groups excluding carboxylic acids is 2. The molecular formula is C22H19Cl2FO2. The molecule has 2 aliphatic rings. The molecule has 0 saturated heterocycles. The van der Waals surface area contributed by atoms with Gasteiger partial charge in [-0.05, 0) is 60.6 Å². The fraction of sp³-hybridized carbons (Fsp3) is 0.364. The smallest absolute Gasteiger partial charge is 0.151 e. The van der Waals surface area contributed by atoms with Gasteiger partial charge in [0, 0.05) is 17.4 Å². The molecule has 4 rings (SSSR count). The second kappa shape index (κ2) is 7.03. The number of hydrogen-bond acceptors (Lipinski definition) is 2. The summed E-state index contributed by atoms with van der Waals surface area (Å²) in [7, 11) is 0. The molecule has 2 saturated carbocycles. The zero-order chi connectivity index (χ0) is 19.3. The number of fused-ring (bicyclic) bond motifs is 2. The maximum atomic E-state index is 14.6. The van der Waals surface area contributed by atoms with E-state index < -0.39 is 11.7 Å². The van der Waals surface area contributed by atoms with Crippen molar-refractivity contribution in [2.75, 3.05) is 0 Å². The Morgan fingerprint density at radius 3 is 2.33 bits per heavy atom. The van der Waals surface area contributed by atoms with Gasteiger partial charge in [0.15, 0.2) is 17.4 Å². The molecular weight excluding hydrogens is 386 g/mol. The number of aryl methyl sites for hydroxylation is 1. The Hall–Kier alpha value is -1.71. The Morgan fingerprint density at radius 2 is 1.70 bits per heavy atom. The fourth-order valence-electron chi connectivity index (χ4n) is 4.52. The number of rotatable bonds is 3. The Kier molecular flexibility index (Phi) is 4.85. The van der Waals surface area contributed by atoms with Crippen LogP contribution in [0.5, 0.6) is 0 Å². The molecule has 0 amide bonds. The quantitative estimate of drug-likeness (QED) is 0.463. The lowest BCUT2D eigenvalue weighted by Crippen LogP contribution is -2.35. The third-order valence-electron chi connectivity index (χ3n) is 5.99. The van der Waals surface area contributed by atoms with E-state index in [1.54, 1.807) is 24.3 Å². The summed E-state index contributed by atoms with van der Waals surface area (Å²) < 4.78 is 14.6. The van der Waals surface area contributed by atoms with Gasteiger partial charge in [-0.3, -0.25) is 9.59 Å². The Labute approximate surface area is 167 Å². The summed E-state index contributed by atoms with van der Waals surface area (Å²) >= 11 is 11.8. The van der Waals surface area contributed by atoms with Crippen LogP contribution in [-0.2, 0) is 16.0 Å². The van der Waals surface area contributed by atoms with Crippen molar-refractivity contribution in [3.63, 3.8) is 0 Å². The highest BCUT2D eigenvalue weighted by molar-refractivity contribution is 6.42. The van der Waals surface area contributed by atoms with Gasteiger partial charge in [-0.25, -0.2) is 4.39 Å². The minimum atomic E-state index is -0.725. The first-order valence-electron chi connectivity index (χ1n) is 9.26. The molecule has 0 aliphatic heterocycles. The minimum Gasteiger partial charge on any atom is -0.298 e. The summed E-state index contributed by atoms with van der Waals surface area (Å²) in [5.74, 6) is -1.32. The molecule has 3 atom stereocenters. The molecule has 0 heterocycles. The molecule has 0 N–H and O–H groups in total. The summed E-state index contributed by atoms with van der Waals surface area (Å²) in [6, 6.07) is 8.59. The lowest BCUT2D eigenvalue weighted by molar-refractivity contribution is -0.135. The molecule has 5 heteroatoms. The average molecular weight is 405 g/mol. The van der Waals surface area contributed by atoms with Crippen LogP contribution in [0.2, 0.25) is 10.0 Å². The van der Waals surface area contributed by atoms with Crippen LogP contribution >= 0.6 is 23.2 Å². The molecule has 2 nitrogen and oxygen atoms in total. The fourth-order valence-corrected chi connectivity index (χ4v) is 4.83. The van der Waals surface area contributed by atoms with E-state index in [2.05, 4.69) is 0 Å². The van der Waals surface area contributed by atoms with E-state index >= 15 is 0 Å². The Balaban J connectivity index is 1.84. The van der Waals surface area contributed by atoms with Gasteiger partial charge in [0.05, 0.1) is 10.0 Å². The van der Waals surface area contributed by atoms with Gasteiger partial charge in [0.1, 0.15) is 5.92 Å². The summed E-state index contributed by atoms with van der Waals surface area (Å²) in [5, 5.41) is 0.0238. The Morgan fingerprint density at radius 1 is 1.04 bits per heavy atom. The lowest BCUT2D eigenvalue weighted by Gasteiger charge is -2.27. The molecule has 2 aromatic carbocycles. The van der Waals surface area contributed by atoms with Crippen LogP contribution in [-0.4, -0.2) is 11.6 Å². The highest BCUT2D eigenvalue weighted by Crippen LogP contribution is 2.45. The number of ketones is 2. The first kappa shape index (κ1) is 18.6. The van der Waals surface area contributed by atoms with Crippen LogP contribution in [0.25, 0.3) is 11.1 Å². The molecule has 0 spiro atoms. The van der Waals surface area contributed by atoms with Crippen molar-refractivity contribution < 1.29 is 14.0 Å². The molecule has 0 aromatic heterocycles. The zero-order valence-corrected chi connectivity index (χ0v) is 16.4. The molecule has 140 valence electrons. The SMILES string of the molecule is CCc1ccc(-c2ccc(Cl)c(Cl)c2F)cc1C1C(=O)[C@@H]2CC[C@@H](C2)C1=O. The van der Waals surface area contributed by atoms with Crippen LogP contribution in [0.1, 0.15) is 43.2 Å². The van der Waals surface area contributed by atoms with Crippen LogP contribution in [0.15, 0.2) is 30.3 Å². The van der Waals surface area contributed by atoms with Gasteiger partial charge >= 0.3 is 0 Å². The number of hydrogen-bond donors (Lipinski definition) is 0. The monoisotopic (exact) mass is 404 g/mol. The minimum absolute atomic E-state index is 0.0206. The topological polar surface area (TPSA) is 34.1 Å². The van der Waals surface area contributed by atoms with E-state index in [1.165, 1.54) is 0 Å². The van der Waals surface area contributed by atoms with E-state index in [0.717, 1.165) is 18.4 Å². The highest BCUT2D eigenvalue weighted by Gasteiger charge is 2.47.